The van der Waals surface area contributed by atoms with Gasteiger partial charge in [0.2, 0.25) is 0 Å². The average molecular weight is 405 g/mol. The van der Waals surface area contributed by atoms with Crippen molar-refractivity contribution in [3.8, 4) is 0 Å². The number of hydrogen-bond acceptors (Lipinski definition) is 6. The quantitative estimate of drug-likeness (QED) is 0.445. The first-order chi connectivity index (χ1) is 11.7. The van der Waals surface area contributed by atoms with E-state index in [0.717, 1.165) is 10.6 Å². The van der Waals surface area contributed by atoms with Crippen LogP contribution in [-0.2, 0) is 17.1 Å². The van der Waals surface area contributed by atoms with Gasteiger partial charge >= 0.3 is 5.97 Å². The molecule has 5 nitrogen and oxygen atoms in total. The monoisotopic (exact) mass is 404 g/mol. The molecule has 0 bridgehead atoms. The third kappa shape index (κ3) is 4.24. The molecule has 0 saturated heterocycles. The van der Waals surface area contributed by atoms with Crippen molar-refractivity contribution in [3.05, 3.63) is 76.2 Å². The van der Waals surface area contributed by atoms with Crippen molar-refractivity contribution in [2.45, 2.75) is 17.4 Å². The zero-order valence-electron chi connectivity index (χ0n) is 12.5. The summed E-state index contributed by atoms with van der Waals surface area (Å²) in [5.74, 6) is 0.421. The Balaban J connectivity index is 1.66. The normalized spacial score (nSPS) is 10.5. The molecule has 3 rings (SSSR count). The van der Waals surface area contributed by atoms with E-state index >= 15 is 0 Å². The van der Waals surface area contributed by atoms with E-state index in [-0.39, 0.29) is 6.61 Å². The van der Waals surface area contributed by atoms with Crippen LogP contribution in [0.5, 0.6) is 0 Å². The molecule has 122 valence electrons. The number of benzene rings is 1. The summed E-state index contributed by atoms with van der Waals surface area (Å²) in [7, 11) is 0. The fourth-order valence-electron chi connectivity index (χ4n) is 1.97. The number of hydrogen-bond donors (Lipinski definition) is 0. The molecule has 2 heterocycles. The van der Waals surface area contributed by atoms with Crippen molar-refractivity contribution >= 4 is 33.7 Å². The summed E-state index contributed by atoms with van der Waals surface area (Å²) >= 11 is 4.70. The lowest BCUT2D eigenvalue weighted by atomic mass is 10.2. The van der Waals surface area contributed by atoms with Gasteiger partial charge in [0, 0.05) is 6.20 Å². The van der Waals surface area contributed by atoms with Crippen molar-refractivity contribution in [3.63, 3.8) is 0 Å². The van der Waals surface area contributed by atoms with E-state index in [4.69, 9.17) is 9.26 Å². The summed E-state index contributed by atoms with van der Waals surface area (Å²) < 4.78 is 10.9. The fraction of sp³-hybridized carbons (Fsp3) is 0.118. The van der Waals surface area contributed by atoms with Gasteiger partial charge < -0.3 is 9.26 Å². The summed E-state index contributed by atoms with van der Waals surface area (Å²) in [5.41, 5.74) is 1.23. The Kier molecular flexibility index (Phi) is 5.66. The fourth-order valence-corrected chi connectivity index (χ4v) is 3.21. The van der Waals surface area contributed by atoms with E-state index in [0.29, 0.717) is 21.7 Å². The van der Waals surface area contributed by atoms with Crippen LogP contribution in [0.2, 0.25) is 0 Å². The summed E-state index contributed by atoms with van der Waals surface area (Å²) in [5, 5.41) is 4.65. The van der Waals surface area contributed by atoms with Crippen LogP contribution in [0.1, 0.15) is 21.7 Å². The molecular weight excluding hydrogens is 392 g/mol. The van der Waals surface area contributed by atoms with Crippen molar-refractivity contribution < 1.29 is 14.1 Å². The maximum absolute atomic E-state index is 12.4. The molecule has 0 saturated carbocycles. The predicted molar refractivity (Wildman–Crippen MR) is 93.6 cm³/mol. The number of nitrogens with zero attached hydrogens (tertiary/aromatic N) is 2. The SMILES string of the molecule is O=C(OCc1ccccc1)c1c(Br)noc1CSc1ccccn1. The van der Waals surface area contributed by atoms with Gasteiger partial charge in [-0.25, -0.2) is 9.78 Å². The second-order valence-corrected chi connectivity index (χ2v) is 6.54. The topological polar surface area (TPSA) is 65.2 Å². The molecular formula is C17H13BrN2O3S. The van der Waals surface area contributed by atoms with E-state index < -0.39 is 5.97 Å². The van der Waals surface area contributed by atoms with Gasteiger partial charge in [0.1, 0.15) is 12.2 Å². The molecule has 3 aromatic rings. The molecule has 0 aliphatic carbocycles. The Bertz CT molecular complexity index is 809. The molecule has 24 heavy (non-hydrogen) atoms. The van der Waals surface area contributed by atoms with Gasteiger partial charge in [-0.3, -0.25) is 0 Å². The summed E-state index contributed by atoms with van der Waals surface area (Å²) in [6.07, 6.45) is 1.72. The van der Waals surface area contributed by atoms with Crippen LogP contribution < -0.4 is 0 Å². The van der Waals surface area contributed by atoms with Crippen molar-refractivity contribution in [2.24, 2.45) is 0 Å². The highest BCUT2D eigenvalue weighted by atomic mass is 79.9. The summed E-state index contributed by atoms with van der Waals surface area (Å²) in [6, 6.07) is 15.1. The Morgan fingerprint density at radius 3 is 2.71 bits per heavy atom. The molecule has 7 heteroatoms. The van der Waals surface area contributed by atoms with Crippen LogP contribution in [0.3, 0.4) is 0 Å². The zero-order chi connectivity index (χ0) is 16.8. The molecule has 2 aromatic heterocycles. The van der Waals surface area contributed by atoms with Crippen LogP contribution in [0.15, 0.2) is 68.9 Å². The Morgan fingerprint density at radius 1 is 1.17 bits per heavy atom. The number of rotatable bonds is 6. The first-order valence-corrected chi connectivity index (χ1v) is 8.91. The largest absolute Gasteiger partial charge is 0.457 e. The van der Waals surface area contributed by atoms with Gasteiger partial charge in [-0.1, -0.05) is 53.3 Å². The Labute approximate surface area is 151 Å². The van der Waals surface area contributed by atoms with Gasteiger partial charge in [0.15, 0.2) is 10.4 Å². The second kappa shape index (κ2) is 8.12. The minimum Gasteiger partial charge on any atom is -0.457 e. The smallest absolute Gasteiger partial charge is 0.344 e. The van der Waals surface area contributed by atoms with Gasteiger partial charge in [-0.05, 0) is 33.6 Å². The predicted octanol–water partition coefficient (Wildman–Crippen LogP) is 4.48. The number of carbonyl (C=O) groups is 1. The number of aromatic nitrogens is 2. The molecule has 0 N–H and O–H groups in total. The number of halogens is 1. The van der Waals surface area contributed by atoms with Crippen LogP contribution >= 0.6 is 27.7 Å². The first kappa shape index (κ1) is 16.7. The lowest BCUT2D eigenvalue weighted by Gasteiger charge is -2.05. The standard InChI is InChI=1S/C17H13BrN2O3S/c18-16-15(17(21)22-10-12-6-2-1-3-7-12)13(23-20-16)11-24-14-8-4-5-9-19-14/h1-9H,10-11H2. The third-order valence-corrected chi connectivity index (χ3v) is 4.61. The van der Waals surface area contributed by atoms with E-state index in [1.54, 1.807) is 6.20 Å². The van der Waals surface area contributed by atoms with Crippen molar-refractivity contribution in [1.29, 1.82) is 0 Å². The Hall–Kier alpha value is -2.12. The zero-order valence-corrected chi connectivity index (χ0v) is 14.9. The second-order valence-electron chi connectivity index (χ2n) is 4.79. The lowest BCUT2D eigenvalue weighted by Crippen LogP contribution is -2.07. The highest BCUT2D eigenvalue weighted by Gasteiger charge is 2.23. The van der Waals surface area contributed by atoms with Crippen molar-refractivity contribution in [1.82, 2.24) is 10.1 Å². The maximum atomic E-state index is 12.4. The van der Waals surface area contributed by atoms with Crippen LogP contribution in [0.4, 0.5) is 0 Å². The number of carbonyl (C=O) groups excluding carboxylic acids is 1. The number of thioether (sulfide) groups is 1. The van der Waals surface area contributed by atoms with Crippen LogP contribution in [-0.4, -0.2) is 16.1 Å². The molecule has 0 atom stereocenters. The van der Waals surface area contributed by atoms with Gasteiger partial charge in [-0.15, -0.1) is 0 Å². The number of esters is 1. The Morgan fingerprint density at radius 2 is 1.96 bits per heavy atom. The molecule has 0 amide bonds. The summed E-state index contributed by atoms with van der Waals surface area (Å²) in [6.45, 7) is 0.199. The van der Waals surface area contributed by atoms with Gasteiger partial charge in [-0.2, -0.15) is 0 Å². The highest BCUT2D eigenvalue weighted by molar-refractivity contribution is 9.10. The minimum atomic E-state index is -0.469. The molecule has 0 aliphatic heterocycles. The summed E-state index contributed by atoms with van der Waals surface area (Å²) in [4.78, 5) is 16.6. The van der Waals surface area contributed by atoms with E-state index in [1.165, 1.54) is 11.8 Å². The molecule has 0 fully saturated rings. The maximum Gasteiger partial charge on any atom is 0.344 e. The van der Waals surface area contributed by atoms with Crippen molar-refractivity contribution in [2.75, 3.05) is 0 Å². The minimum absolute atomic E-state index is 0.199. The van der Waals surface area contributed by atoms with Crippen LogP contribution in [0, 0.1) is 0 Å². The molecule has 0 aliphatic rings. The number of pyridine rings is 1. The molecule has 0 unspecified atom stereocenters. The first-order valence-electron chi connectivity index (χ1n) is 7.13. The molecule has 0 radical (unpaired) electrons. The molecule has 1 aromatic carbocycles. The van der Waals surface area contributed by atoms with E-state index in [1.807, 2.05) is 48.5 Å². The number of ether oxygens (including phenoxy) is 1. The van der Waals surface area contributed by atoms with Crippen LogP contribution in [0.25, 0.3) is 0 Å². The molecule has 0 spiro atoms. The van der Waals surface area contributed by atoms with Gasteiger partial charge in [0.05, 0.1) is 10.8 Å². The van der Waals surface area contributed by atoms with E-state index in [2.05, 4.69) is 26.1 Å². The lowest BCUT2D eigenvalue weighted by molar-refractivity contribution is 0.0469. The average Bonchev–Trinajstić information content (AvgIpc) is 3.00. The third-order valence-electron chi connectivity index (χ3n) is 3.13. The van der Waals surface area contributed by atoms with E-state index in [9.17, 15) is 4.79 Å². The van der Waals surface area contributed by atoms with Gasteiger partial charge in [0.25, 0.3) is 0 Å². The highest BCUT2D eigenvalue weighted by Crippen LogP contribution is 2.27.